The molecule has 2 aromatic rings. The van der Waals surface area contributed by atoms with Gasteiger partial charge in [0, 0.05) is 25.4 Å². The second kappa shape index (κ2) is 7.84. The Balaban J connectivity index is 1.96. The molecule has 7 nitrogen and oxygen atoms in total. The summed E-state index contributed by atoms with van der Waals surface area (Å²) < 4.78 is 28.4. The van der Waals surface area contributed by atoms with Gasteiger partial charge < -0.3 is 0 Å². The number of hydrogen-bond donors (Lipinski definition) is 1. The molecule has 24 heavy (non-hydrogen) atoms. The summed E-state index contributed by atoms with van der Waals surface area (Å²) in [6, 6.07) is 9.94. The van der Waals surface area contributed by atoms with Crippen LogP contribution in [0.3, 0.4) is 0 Å². The van der Waals surface area contributed by atoms with Crippen molar-refractivity contribution < 1.29 is 17.4 Å². The van der Waals surface area contributed by atoms with Crippen molar-refractivity contribution in [2.24, 2.45) is 0 Å². The number of carbonyl (C=O) groups is 1. The molecule has 130 valence electrons. The second-order valence-corrected chi connectivity index (χ2v) is 8.15. The molecule has 1 aromatic carbocycles. The molecule has 2 rings (SSSR count). The van der Waals surface area contributed by atoms with Crippen LogP contribution in [-0.4, -0.2) is 44.3 Å². The summed E-state index contributed by atoms with van der Waals surface area (Å²) in [5.41, 5.74) is 1.99. The highest BCUT2D eigenvalue weighted by atomic mass is 32.2. The van der Waals surface area contributed by atoms with Gasteiger partial charge >= 0.3 is 10.3 Å². The molecule has 0 radical (unpaired) electrons. The van der Waals surface area contributed by atoms with Gasteiger partial charge in [0.15, 0.2) is 5.13 Å². The third kappa shape index (κ3) is 5.10. The number of hydrogen-bond acceptors (Lipinski definition) is 6. The van der Waals surface area contributed by atoms with Crippen molar-refractivity contribution in [3.63, 3.8) is 0 Å². The zero-order valence-electron chi connectivity index (χ0n) is 13.6. The number of aromatic nitrogens is 1. The zero-order valence-corrected chi connectivity index (χ0v) is 15.3. The van der Waals surface area contributed by atoms with E-state index in [1.54, 1.807) is 0 Å². The number of anilines is 1. The topological polar surface area (TPSA) is 88.6 Å². The predicted molar refractivity (Wildman–Crippen MR) is 93.3 cm³/mol. The van der Waals surface area contributed by atoms with Crippen LogP contribution in [0.1, 0.15) is 16.1 Å². The third-order valence-electron chi connectivity index (χ3n) is 3.13. The Labute approximate surface area is 145 Å². The van der Waals surface area contributed by atoms with E-state index in [4.69, 9.17) is 0 Å². The maximum absolute atomic E-state index is 11.8. The van der Waals surface area contributed by atoms with Gasteiger partial charge in [-0.3, -0.25) is 10.1 Å². The Morgan fingerprint density at radius 2 is 1.96 bits per heavy atom. The van der Waals surface area contributed by atoms with Gasteiger partial charge in [0.1, 0.15) is 6.61 Å². The highest BCUT2D eigenvalue weighted by Gasteiger charge is 2.17. The molecule has 9 heteroatoms. The maximum atomic E-state index is 11.8. The van der Waals surface area contributed by atoms with E-state index < -0.39 is 22.8 Å². The molecule has 0 saturated heterocycles. The summed E-state index contributed by atoms with van der Waals surface area (Å²) in [5, 5.41) is 2.99. The normalized spacial score (nSPS) is 11.7. The third-order valence-corrected chi connectivity index (χ3v) is 5.52. The standard InChI is InChI=1S/C15H19N3O4S2/c1-11-13(9-12-7-5-4-6-8-12)23-15(16-11)17-14(19)10-22-24(20,21)18(2)3/h4-8H,9-10H2,1-3H3,(H,16,17,19). The summed E-state index contributed by atoms with van der Waals surface area (Å²) in [4.78, 5) is 17.1. The summed E-state index contributed by atoms with van der Waals surface area (Å²) >= 11 is 1.36. The molecular weight excluding hydrogens is 350 g/mol. The Hall–Kier alpha value is -1.81. The molecule has 0 fully saturated rings. The summed E-state index contributed by atoms with van der Waals surface area (Å²) in [6.45, 7) is 1.28. The molecule has 0 unspecified atom stereocenters. The van der Waals surface area contributed by atoms with E-state index in [-0.39, 0.29) is 0 Å². The maximum Gasteiger partial charge on any atom is 0.338 e. The largest absolute Gasteiger partial charge is 0.338 e. The summed E-state index contributed by atoms with van der Waals surface area (Å²) in [5.74, 6) is -0.569. The molecule has 1 amide bonds. The summed E-state index contributed by atoms with van der Waals surface area (Å²) in [6.07, 6.45) is 0.728. The van der Waals surface area contributed by atoms with Crippen LogP contribution in [0.4, 0.5) is 5.13 Å². The van der Waals surface area contributed by atoms with Crippen molar-refractivity contribution in [1.82, 2.24) is 9.29 Å². The smallest absolute Gasteiger partial charge is 0.300 e. The number of amides is 1. The van der Waals surface area contributed by atoms with E-state index in [1.165, 1.54) is 25.4 Å². The quantitative estimate of drug-likeness (QED) is 0.804. The highest BCUT2D eigenvalue weighted by molar-refractivity contribution is 7.84. The first-order chi connectivity index (χ1) is 11.3. The number of thiazole rings is 1. The minimum absolute atomic E-state index is 0.425. The lowest BCUT2D eigenvalue weighted by Crippen LogP contribution is -2.28. The fourth-order valence-corrected chi connectivity index (χ4v) is 3.30. The lowest BCUT2D eigenvalue weighted by molar-refractivity contribution is -0.118. The van der Waals surface area contributed by atoms with E-state index in [0.29, 0.717) is 5.13 Å². The minimum atomic E-state index is -3.87. The van der Waals surface area contributed by atoms with Crippen molar-refractivity contribution in [2.75, 3.05) is 26.0 Å². The first-order valence-electron chi connectivity index (χ1n) is 7.15. The van der Waals surface area contributed by atoms with Crippen LogP contribution >= 0.6 is 11.3 Å². The van der Waals surface area contributed by atoms with E-state index in [1.807, 2.05) is 37.3 Å². The van der Waals surface area contributed by atoms with Crippen molar-refractivity contribution in [3.8, 4) is 0 Å². The first-order valence-corrected chi connectivity index (χ1v) is 9.33. The Kier molecular flexibility index (Phi) is 6.05. The van der Waals surface area contributed by atoms with Gasteiger partial charge in [-0.25, -0.2) is 9.17 Å². The number of nitrogens with one attached hydrogen (secondary N) is 1. The Morgan fingerprint density at radius 1 is 1.29 bits per heavy atom. The lowest BCUT2D eigenvalue weighted by atomic mass is 10.1. The molecule has 0 atom stereocenters. The highest BCUT2D eigenvalue weighted by Crippen LogP contribution is 2.25. The monoisotopic (exact) mass is 369 g/mol. The second-order valence-electron chi connectivity index (χ2n) is 5.24. The van der Waals surface area contributed by atoms with Gasteiger partial charge in [-0.15, -0.1) is 11.3 Å². The SMILES string of the molecule is Cc1nc(NC(=O)COS(=O)(=O)N(C)C)sc1Cc1ccccc1. The van der Waals surface area contributed by atoms with Gasteiger partial charge in [-0.2, -0.15) is 12.7 Å². The Morgan fingerprint density at radius 3 is 2.58 bits per heavy atom. The van der Waals surface area contributed by atoms with Crippen molar-refractivity contribution in [2.45, 2.75) is 13.3 Å². The number of rotatable bonds is 7. The van der Waals surface area contributed by atoms with E-state index in [0.717, 1.165) is 26.9 Å². The van der Waals surface area contributed by atoms with E-state index in [2.05, 4.69) is 14.5 Å². The van der Waals surface area contributed by atoms with E-state index in [9.17, 15) is 13.2 Å². The van der Waals surface area contributed by atoms with Gasteiger partial charge in [-0.1, -0.05) is 30.3 Å². The molecular formula is C15H19N3O4S2. The van der Waals surface area contributed by atoms with Crippen molar-refractivity contribution in [3.05, 3.63) is 46.5 Å². The molecule has 1 aromatic heterocycles. The van der Waals surface area contributed by atoms with Crippen LogP contribution < -0.4 is 5.32 Å². The Bertz CT molecular complexity index is 801. The molecule has 0 aliphatic rings. The fraction of sp³-hybridized carbons (Fsp3) is 0.333. The van der Waals surface area contributed by atoms with Gasteiger partial charge in [0.05, 0.1) is 5.69 Å². The minimum Gasteiger partial charge on any atom is -0.300 e. The van der Waals surface area contributed by atoms with Crippen molar-refractivity contribution >= 4 is 32.7 Å². The number of benzene rings is 1. The molecule has 0 bridgehead atoms. The number of carbonyl (C=O) groups excluding carboxylic acids is 1. The van der Waals surface area contributed by atoms with Gasteiger partial charge in [-0.05, 0) is 12.5 Å². The van der Waals surface area contributed by atoms with Crippen LogP contribution in [0.5, 0.6) is 0 Å². The molecule has 0 aliphatic carbocycles. The number of nitrogens with zero attached hydrogens (tertiary/aromatic N) is 2. The van der Waals surface area contributed by atoms with Crippen LogP contribution in [0, 0.1) is 6.92 Å². The average Bonchev–Trinajstić information content (AvgIpc) is 2.86. The molecule has 1 N–H and O–H groups in total. The van der Waals surface area contributed by atoms with Crippen LogP contribution in [0.2, 0.25) is 0 Å². The molecule has 1 heterocycles. The van der Waals surface area contributed by atoms with Crippen LogP contribution in [-0.2, 0) is 25.7 Å². The molecule has 0 aliphatic heterocycles. The van der Waals surface area contributed by atoms with Crippen LogP contribution in [0.15, 0.2) is 30.3 Å². The molecule has 0 saturated carbocycles. The predicted octanol–water partition coefficient (Wildman–Crippen LogP) is 1.80. The zero-order chi connectivity index (χ0) is 17.7. The fourth-order valence-electron chi connectivity index (χ4n) is 1.82. The lowest BCUT2D eigenvalue weighted by Gasteiger charge is -2.10. The first kappa shape index (κ1) is 18.5. The number of aryl methyl sites for hydroxylation is 1. The van der Waals surface area contributed by atoms with E-state index >= 15 is 0 Å². The van der Waals surface area contributed by atoms with Gasteiger partial charge in [0.25, 0.3) is 5.91 Å². The van der Waals surface area contributed by atoms with Crippen LogP contribution in [0.25, 0.3) is 0 Å². The molecule has 0 spiro atoms. The van der Waals surface area contributed by atoms with Gasteiger partial charge in [0.2, 0.25) is 0 Å². The summed E-state index contributed by atoms with van der Waals surface area (Å²) in [7, 11) is -1.22. The average molecular weight is 369 g/mol. The van der Waals surface area contributed by atoms with Crippen molar-refractivity contribution in [1.29, 1.82) is 0 Å².